The van der Waals surface area contributed by atoms with Gasteiger partial charge in [0, 0.05) is 0 Å². The molecule has 0 unspecified atom stereocenters. The van der Waals surface area contributed by atoms with Gasteiger partial charge < -0.3 is 20.0 Å². The maximum atomic E-state index is 12.1. The molecule has 1 aromatic heterocycles. The van der Waals surface area contributed by atoms with Crippen molar-refractivity contribution in [1.82, 2.24) is 4.98 Å². The summed E-state index contributed by atoms with van der Waals surface area (Å²) < 4.78 is 39.9. The number of hydrogen-bond acceptors (Lipinski definition) is 5. The van der Waals surface area contributed by atoms with Crippen LogP contribution in [0.25, 0.3) is 0 Å². The summed E-state index contributed by atoms with van der Waals surface area (Å²) in [4.78, 5) is 12.9. The van der Waals surface area contributed by atoms with Crippen LogP contribution in [-0.2, 0) is 6.61 Å². The molecular formula is C8H7F3N2O4. The predicted molar refractivity (Wildman–Crippen MR) is 48.2 cm³/mol. The molecule has 0 saturated carbocycles. The van der Waals surface area contributed by atoms with Crippen LogP contribution in [0.4, 0.5) is 19.0 Å². The lowest BCUT2D eigenvalue weighted by Gasteiger charge is -2.13. The van der Waals surface area contributed by atoms with Crippen LogP contribution in [0.1, 0.15) is 11.1 Å². The van der Waals surface area contributed by atoms with Crippen LogP contribution in [0.5, 0.6) is 5.75 Å². The summed E-state index contributed by atoms with van der Waals surface area (Å²) in [5.74, 6) is -1.54. The summed E-state index contributed by atoms with van der Waals surface area (Å²) in [5, 5.41) is 19.3. The first-order valence-corrected chi connectivity index (χ1v) is 4.25. The van der Waals surface area contributed by atoms with Crippen LogP contribution in [0, 0.1) is 17.0 Å². The second-order valence-corrected chi connectivity index (χ2v) is 3.02. The van der Waals surface area contributed by atoms with Crippen LogP contribution in [0.15, 0.2) is 6.20 Å². The van der Waals surface area contributed by atoms with Gasteiger partial charge in [-0.15, -0.1) is 13.2 Å². The molecule has 9 heteroatoms. The van der Waals surface area contributed by atoms with Crippen molar-refractivity contribution < 1.29 is 27.9 Å². The highest BCUT2D eigenvalue weighted by Crippen LogP contribution is 2.33. The topological polar surface area (TPSA) is 85.5 Å². The molecule has 0 radical (unpaired) electrons. The van der Waals surface area contributed by atoms with E-state index in [1.807, 2.05) is 0 Å². The Morgan fingerprint density at radius 3 is 2.59 bits per heavy atom. The Morgan fingerprint density at radius 1 is 1.59 bits per heavy atom. The van der Waals surface area contributed by atoms with Gasteiger partial charge in [-0.1, -0.05) is 0 Å². The molecule has 1 rings (SSSR count). The zero-order valence-electron chi connectivity index (χ0n) is 8.48. The van der Waals surface area contributed by atoms with E-state index in [1.54, 1.807) is 0 Å². The van der Waals surface area contributed by atoms with Gasteiger partial charge in [0.05, 0.1) is 17.7 Å². The van der Waals surface area contributed by atoms with E-state index in [1.165, 1.54) is 0 Å². The molecule has 0 spiro atoms. The predicted octanol–water partition coefficient (Wildman–Crippen LogP) is 1.69. The van der Waals surface area contributed by atoms with E-state index in [2.05, 4.69) is 9.72 Å². The van der Waals surface area contributed by atoms with Gasteiger partial charge in [0.1, 0.15) is 11.9 Å². The van der Waals surface area contributed by atoms with Crippen molar-refractivity contribution in [2.24, 2.45) is 0 Å². The number of alkyl halides is 3. The van der Waals surface area contributed by atoms with E-state index in [9.17, 15) is 23.3 Å². The number of ether oxygens (including phenoxy) is 1. The summed E-state index contributed by atoms with van der Waals surface area (Å²) in [7, 11) is 0. The quantitative estimate of drug-likeness (QED) is 0.653. The smallest absolute Gasteiger partial charge is 0.405 e. The first-order chi connectivity index (χ1) is 7.76. The minimum Gasteiger partial charge on any atom is -0.405 e. The average molecular weight is 252 g/mol. The first kappa shape index (κ1) is 13.2. The van der Waals surface area contributed by atoms with Gasteiger partial charge in [-0.2, -0.15) is 0 Å². The third kappa shape index (κ3) is 3.03. The molecule has 0 bridgehead atoms. The van der Waals surface area contributed by atoms with Gasteiger partial charge >= 0.3 is 12.2 Å². The van der Waals surface area contributed by atoms with Gasteiger partial charge in [0.15, 0.2) is 0 Å². The molecule has 0 aliphatic carbocycles. The lowest BCUT2D eigenvalue weighted by Crippen LogP contribution is -2.19. The Hall–Kier alpha value is -1.90. The summed E-state index contributed by atoms with van der Waals surface area (Å²) in [6.45, 7) is 0.294. The lowest BCUT2D eigenvalue weighted by molar-refractivity contribution is -0.390. The number of aliphatic hydroxyl groups is 1. The van der Waals surface area contributed by atoms with Crippen LogP contribution in [0.2, 0.25) is 0 Å². The number of pyridine rings is 1. The molecule has 0 aliphatic rings. The molecule has 1 heterocycles. The number of rotatable bonds is 3. The number of halogens is 3. The largest absolute Gasteiger partial charge is 0.573 e. The normalized spacial score (nSPS) is 11.4. The van der Waals surface area contributed by atoms with Crippen molar-refractivity contribution in [2.45, 2.75) is 19.9 Å². The zero-order valence-corrected chi connectivity index (χ0v) is 8.48. The zero-order chi connectivity index (χ0) is 13.2. The van der Waals surface area contributed by atoms with E-state index in [0.29, 0.717) is 0 Å². The number of nitro groups is 1. The van der Waals surface area contributed by atoms with Crippen LogP contribution in [-0.4, -0.2) is 21.4 Å². The fraction of sp³-hybridized carbons (Fsp3) is 0.375. The molecule has 1 N–H and O–H groups in total. The SMILES string of the molecule is Cc1c([N+](=O)[O-])ncc(CO)c1OC(F)(F)F. The van der Waals surface area contributed by atoms with Gasteiger partial charge in [-0.25, -0.2) is 0 Å². The molecule has 0 fully saturated rings. The van der Waals surface area contributed by atoms with Gasteiger partial charge in [-0.3, -0.25) is 0 Å². The Labute approximate surface area is 92.8 Å². The fourth-order valence-corrected chi connectivity index (χ4v) is 1.19. The second-order valence-electron chi connectivity index (χ2n) is 3.02. The standard InChI is InChI=1S/C8H7F3N2O4/c1-4-6(17-8(9,10)11)5(3-14)2-12-7(4)13(15)16/h2,14H,3H2,1H3. The van der Waals surface area contributed by atoms with E-state index in [-0.39, 0.29) is 11.1 Å². The Kier molecular flexibility index (Phi) is 3.51. The van der Waals surface area contributed by atoms with Crippen molar-refractivity contribution in [2.75, 3.05) is 0 Å². The van der Waals surface area contributed by atoms with Crippen LogP contribution >= 0.6 is 0 Å². The van der Waals surface area contributed by atoms with Crippen LogP contribution < -0.4 is 4.74 Å². The summed E-state index contributed by atoms with van der Waals surface area (Å²) in [6.07, 6.45) is -4.23. The fourth-order valence-electron chi connectivity index (χ4n) is 1.19. The van der Waals surface area contributed by atoms with Crippen LogP contribution in [0.3, 0.4) is 0 Å². The average Bonchev–Trinajstić information content (AvgIpc) is 2.18. The van der Waals surface area contributed by atoms with E-state index >= 15 is 0 Å². The minimum absolute atomic E-state index is 0.273. The number of nitrogens with zero attached hydrogens (tertiary/aromatic N) is 2. The van der Waals surface area contributed by atoms with E-state index < -0.39 is 29.5 Å². The van der Waals surface area contributed by atoms with E-state index in [0.717, 1.165) is 13.1 Å². The number of aliphatic hydroxyl groups excluding tert-OH is 1. The molecule has 17 heavy (non-hydrogen) atoms. The van der Waals surface area contributed by atoms with Crippen molar-refractivity contribution in [1.29, 1.82) is 0 Å². The molecule has 6 nitrogen and oxygen atoms in total. The number of hydrogen-bond donors (Lipinski definition) is 1. The minimum atomic E-state index is -5.00. The van der Waals surface area contributed by atoms with Crippen molar-refractivity contribution >= 4 is 5.82 Å². The highest BCUT2D eigenvalue weighted by atomic mass is 19.4. The molecule has 94 valence electrons. The maximum absolute atomic E-state index is 12.1. The number of aromatic nitrogens is 1. The van der Waals surface area contributed by atoms with Gasteiger partial charge in [0.2, 0.25) is 0 Å². The molecular weight excluding hydrogens is 245 g/mol. The molecule has 0 atom stereocenters. The Balaban J connectivity index is 3.32. The van der Waals surface area contributed by atoms with E-state index in [4.69, 9.17) is 5.11 Å². The first-order valence-electron chi connectivity index (χ1n) is 4.25. The molecule has 0 aliphatic heterocycles. The summed E-state index contributed by atoms with van der Waals surface area (Å²) in [5.41, 5.74) is -0.663. The molecule has 0 amide bonds. The monoisotopic (exact) mass is 252 g/mol. The van der Waals surface area contributed by atoms with Crippen molar-refractivity contribution in [3.05, 3.63) is 27.4 Å². The third-order valence-electron chi connectivity index (χ3n) is 1.87. The highest BCUT2D eigenvalue weighted by molar-refractivity contribution is 5.47. The van der Waals surface area contributed by atoms with Crippen molar-refractivity contribution in [3.8, 4) is 5.75 Å². The lowest BCUT2D eigenvalue weighted by atomic mass is 10.2. The Bertz CT molecular complexity index is 447. The maximum Gasteiger partial charge on any atom is 0.573 e. The Morgan fingerprint density at radius 2 is 2.18 bits per heavy atom. The summed E-state index contributed by atoms with van der Waals surface area (Å²) in [6, 6.07) is 0. The second kappa shape index (κ2) is 4.53. The van der Waals surface area contributed by atoms with Gasteiger partial charge in [-0.05, 0) is 16.8 Å². The van der Waals surface area contributed by atoms with Gasteiger partial charge in [0.25, 0.3) is 0 Å². The highest BCUT2D eigenvalue weighted by Gasteiger charge is 2.35. The molecule has 0 saturated heterocycles. The molecule has 1 aromatic rings. The third-order valence-corrected chi connectivity index (χ3v) is 1.87. The van der Waals surface area contributed by atoms with Crippen molar-refractivity contribution in [3.63, 3.8) is 0 Å². The molecule has 0 aromatic carbocycles. The summed E-state index contributed by atoms with van der Waals surface area (Å²) >= 11 is 0.